The van der Waals surface area contributed by atoms with E-state index in [-0.39, 0.29) is 10.8 Å². The third-order valence-electron chi connectivity index (χ3n) is 3.64. The molecule has 0 aromatic carbocycles. The molecule has 0 bridgehead atoms. The van der Waals surface area contributed by atoms with E-state index in [2.05, 4.69) is 32.7 Å². The first-order valence-corrected chi connectivity index (χ1v) is 6.37. The van der Waals surface area contributed by atoms with Crippen molar-refractivity contribution in [2.75, 3.05) is 0 Å². The number of nitrogens with zero attached hydrogens (tertiary/aromatic N) is 1. The van der Waals surface area contributed by atoms with Gasteiger partial charge >= 0.3 is 0 Å². The van der Waals surface area contributed by atoms with Gasteiger partial charge in [-0.1, -0.05) is 33.8 Å². The summed E-state index contributed by atoms with van der Waals surface area (Å²) in [6, 6.07) is 5.79. The Kier molecular flexibility index (Phi) is 2.81. The van der Waals surface area contributed by atoms with E-state index in [1.54, 1.807) is 6.20 Å². The minimum atomic E-state index is -0.771. The van der Waals surface area contributed by atoms with Gasteiger partial charge in [0.05, 0.1) is 5.69 Å². The molecule has 2 nitrogen and oxygen atoms in total. The van der Waals surface area contributed by atoms with E-state index in [1.807, 2.05) is 18.2 Å². The van der Waals surface area contributed by atoms with Gasteiger partial charge in [0.25, 0.3) is 0 Å². The number of hydrogen-bond acceptors (Lipinski definition) is 2. The molecule has 1 aliphatic rings. The molecule has 1 aromatic rings. The third kappa shape index (κ3) is 2.68. The van der Waals surface area contributed by atoms with E-state index < -0.39 is 5.60 Å². The van der Waals surface area contributed by atoms with Crippen molar-refractivity contribution in [3.63, 3.8) is 0 Å². The second-order valence-corrected chi connectivity index (χ2v) is 7.11. The van der Waals surface area contributed by atoms with Crippen LogP contribution in [0, 0.1) is 10.8 Å². The van der Waals surface area contributed by atoms with Crippen LogP contribution < -0.4 is 0 Å². The van der Waals surface area contributed by atoms with Gasteiger partial charge in [0.2, 0.25) is 0 Å². The zero-order chi connectivity index (χ0) is 12.7. The van der Waals surface area contributed by atoms with Crippen LogP contribution in [0.3, 0.4) is 0 Å². The highest BCUT2D eigenvalue weighted by molar-refractivity contribution is 5.16. The summed E-state index contributed by atoms with van der Waals surface area (Å²) in [5.74, 6) is 0. The van der Waals surface area contributed by atoms with Gasteiger partial charge in [0, 0.05) is 6.20 Å². The van der Waals surface area contributed by atoms with Crippen molar-refractivity contribution in [1.82, 2.24) is 4.98 Å². The molecule has 0 atom stereocenters. The Morgan fingerprint density at radius 3 is 2.06 bits per heavy atom. The van der Waals surface area contributed by atoms with E-state index in [0.717, 1.165) is 25.0 Å². The Balaban J connectivity index is 2.37. The first-order valence-electron chi connectivity index (χ1n) is 6.37. The molecule has 0 amide bonds. The average Bonchev–Trinajstić information content (AvgIpc) is 2.13. The lowest BCUT2D eigenvalue weighted by Gasteiger charge is -2.49. The molecule has 0 aliphatic heterocycles. The normalized spacial score (nSPS) is 25.5. The summed E-state index contributed by atoms with van der Waals surface area (Å²) in [4.78, 5) is 4.36. The maximum Gasteiger partial charge on any atom is 0.107 e. The Morgan fingerprint density at radius 2 is 1.59 bits per heavy atom. The fraction of sp³-hybridized carbons (Fsp3) is 0.667. The first-order chi connectivity index (χ1) is 7.73. The molecular weight excluding hydrogens is 210 g/mol. The summed E-state index contributed by atoms with van der Waals surface area (Å²) in [6.45, 7) is 8.95. The van der Waals surface area contributed by atoms with Crippen molar-refractivity contribution in [3.8, 4) is 0 Å². The largest absolute Gasteiger partial charge is 0.384 e. The van der Waals surface area contributed by atoms with Crippen LogP contribution in [0.2, 0.25) is 0 Å². The summed E-state index contributed by atoms with van der Waals surface area (Å²) in [5, 5.41) is 11.0. The standard InChI is InChI=1S/C15H23NO/c1-13(2)9-14(3,4)11-15(17,10-13)12-7-5-6-8-16-12/h5-8,17H,9-11H2,1-4H3. The number of aliphatic hydroxyl groups is 1. The molecule has 0 unspecified atom stereocenters. The minimum absolute atomic E-state index is 0.161. The molecule has 94 valence electrons. The minimum Gasteiger partial charge on any atom is -0.384 e. The van der Waals surface area contributed by atoms with Crippen molar-refractivity contribution in [2.45, 2.75) is 52.6 Å². The van der Waals surface area contributed by atoms with E-state index in [0.29, 0.717) is 0 Å². The van der Waals surface area contributed by atoms with Gasteiger partial charge in [-0.2, -0.15) is 0 Å². The highest BCUT2D eigenvalue weighted by Gasteiger charge is 2.47. The molecule has 1 aromatic heterocycles. The Labute approximate surface area is 104 Å². The van der Waals surface area contributed by atoms with Crippen molar-refractivity contribution in [1.29, 1.82) is 0 Å². The van der Waals surface area contributed by atoms with E-state index >= 15 is 0 Å². The molecule has 0 radical (unpaired) electrons. The van der Waals surface area contributed by atoms with Crippen molar-refractivity contribution < 1.29 is 5.11 Å². The maximum absolute atomic E-state index is 11.0. The van der Waals surface area contributed by atoms with Crippen molar-refractivity contribution >= 4 is 0 Å². The Morgan fingerprint density at radius 1 is 1.00 bits per heavy atom. The Hall–Kier alpha value is -0.890. The topological polar surface area (TPSA) is 33.1 Å². The van der Waals surface area contributed by atoms with Crippen LogP contribution in [0.15, 0.2) is 24.4 Å². The van der Waals surface area contributed by atoms with Crippen LogP contribution >= 0.6 is 0 Å². The van der Waals surface area contributed by atoms with E-state index in [1.165, 1.54) is 0 Å². The smallest absolute Gasteiger partial charge is 0.107 e. The monoisotopic (exact) mass is 233 g/mol. The second-order valence-electron chi connectivity index (χ2n) is 7.11. The molecule has 2 rings (SSSR count). The quantitative estimate of drug-likeness (QED) is 0.805. The second kappa shape index (κ2) is 3.81. The molecule has 1 aliphatic carbocycles. The van der Waals surface area contributed by atoms with E-state index in [4.69, 9.17) is 0 Å². The maximum atomic E-state index is 11.0. The number of rotatable bonds is 1. The van der Waals surface area contributed by atoms with Gasteiger partial charge in [0.1, 0.15) is 5.60 Å². The predicted molar refractivity (Wildman–Crippen MR) is 69.5 cm³/mol. The van der Waals surface area contributed by atoms with Crippen LogP contribution in [0.25, 0.3) is 0 Å². The van der Waals surface area contributed by atoms with Crippen molar-refractivity contribution in [3.05, 3.63) is 30.1 Å². The number of hydrogen-bond donors (Lipinski definition) is 1. The summed E-state index contributed by atoms with van der Waals surface area (Å²) in [6.07, 6.45) is 4.50. The van der Waals surface area contributed by atoms with Crippen LogP contribution in [0.4, 0.5) is 0 Å². The highest BCUT2D eigenvalue weighted by Crippen LogP contribution is 2.53. The molecule has 1 N–H and O–H groups in total. The SMILES string of the molecule is CC1(C)CC(C)(C)CC(O)(c2ccccn2)C1. The summed E-state index contributed by atoms with van der Waals surface area (Å²) in [5.41, 5.74) is 0.370. The molecule has 0 spiro atoms. The van der Waals surface area contributed by atoms with Crippen LogP contribution in [0.5, 0.6) is 0 Å². The van der Waals surface area contributed by atoms with E-state index in [9.17, 15) is 5.11 Å². The van der Waals surface area contributed by atoms with Gasteiger partial charge in [-0.25, -0.2) is 0 Å². The Bertz CT molecular complexity index is 379. The van der Waals surface area contributed by atoms with Crippen LogP contribution in [-0.2, 0) is 5.60 Å². The van der Waals surface area contributed by atoms with Crippen LogP contribution in [0.1, 0.15) is 52.7 Å². The van der Waals surface area contributed by atoms with Gasteiger partial charge in [-0.3, -0.25) is 4.98 Å². The molecule has 1 saturated carbocycles. The third-order valence-corrected chi connectivity index (χ3v) is 3.64. The summed E-state index contributed by atoms with van der Waals surface area (Å²) in [7, 11) is 0. The predicted octanol–water partition coefficient (Wildman–Crippen LogP) is 3.51. The zero-order valence-electron chi connectivity index (χ0n) is 11.3. The summed E-state index contributed by atoms with van der Waals surface area (Å²) < 4.78 is 0. The van der Waals surface area contributed by atoms with Gasteiger partial charge < -0.3 is 5.11 Å². The zero-order valence-corrected chi connectivity index (χ0v) is 11.3. The van der Waals surface area contributed by atoms with Gasteiger partial charge in [-0.05, 0) is 42.2 Å². The fourth-order valence-electron chi connectivity index (χ4n) is 3.89. The molecule has 1 heterocycles. The van der Waals surface area contributed by atoms with Gasteiger partial charge in [-0.15, -0.1) is 0 Å². The lowest BCUT2D eigenvalue weighted by Crippen LogP contribution is -2.44. The number of aromatic nitrogens is 1. The molecular formula is C15H23NO. The fourth-order valence-corrected chi connectivity index (χ4v) is 3.89. The number of pyridine rings is 1. The highest BCUT2D eigenvalue weighted by atomic mass is 16.3. The first kappa shape index (κ1) is 12.6. The molecule has 1 fully saturated rings. The average molecular weight is 233 g/mol. The lowest BCUT2D eigenvalue weighted by atomic mass is 9.59. The molecule has 17 heavy (non-hydrogen) atoms. The van der Waals surface area contributed by atoms with Crippen molar-refractivity contribution in [2.24, 2.45) is 10.8 Å². The lowest BCUT2D eigenvalue weighted by molar-refractivity contribution is -0.0939. The van der Waals surface area contributed by atoms with Gasteiger partial charge in [0.15, 0.2) is 0 Å². The molecule has 2 heteroatoms. The van der Waals surface area contributed by atoms with Crippen LogP contribution in [-0.4, -0.2) is 10.1 Å². The summed E-state index contributed by atoms with van der Waals surface area (Å²) >= 11 is 0. The molecule has 0 saturated heterocycles.